The van der Waals surface area contributed by atoms with Gasteiger partial charge in [0, 0.05) is 50.4 Å². The number of nitrogens with zero attached hydrogens (tertiary/aromatic N) is 3. The van der Waals surface area contributed by atoms with Gasteiger partial charge in [0.2, 0.25) is 0 Å². The normalized spacial score (nSPS) is 23.5. The highest BCUT2D eigenvalue weighted by Gasteiger charge is 2.27. The highest BCUT2D eigenvalue weighted by molar-refractivity contribution is 8.03. The first-order valence-corrected chi connectivity index (χ1v) is 16.3. The van der Waals surface area contributed by atoms with Gasteiger partial charge in [-0.2, -0.15) is 0 Å². The first kappa shape index (κ1) is 24.7. The van der Waals surface area contributed by atoms with Crippen molar-refractivity contribution in [3.8, 4) is 5.75 Å². The zero-order valence-electron chi connectivity index (χ0n) is 20.9. The average Bonchev–Trinajstić information content (AvgIpc) is 3.54. The lowest BCUT2D eigenvalue weighted by molar-refractivity contribution is 0.0924. The highest BCUT2D eigenvalue weighted by Crippen LogP contribution is 2.35. The van der Waals surface area contributed by atoms with E-state index in [1.807, 2.05) is 18.3 Å². The van der Waals surface area contributed by atoms with E-state index in [0.717, 1.165) is 80.3 Å². The van der Waals surface area contributed by atoms with Crippen molar-refractivity contribution >= 4 is 33.0 Å². The minimum atomic E-state index is -2.31. The molecule has 1 amide bonds. The summed E-state index contributed by atoms with van der Waals surface area (Å²) in [6.45, 7) is 6.07. The molecule has 35 heavy (non-hydrogen) atoms. The minimum Gasteiger partial charge on any atom is -0.489 e. The lowest BCUT2D eigenvalue weighted by Crippen LogP contribution is -2.47. The number of carbonyl (C=O) groups excluding carboxylic acids is 1. The summed E-state index contributed by atoms with van der Waals surface area (Å²) in [6.07, 6.45) is 12.1. The van der Waals surface area contributed by atoms with Crippen LogP contribution in [0, 0.1) is 5.92 Å². The Morgan fingerprint density at radius 1 is 1.14 bits per heavy atom. The second kappa shape index (κ2) is 10.6. The minimum absolute atomic E-state index is 0.0139. The molecule has 192 valence electrons. The third kappa shape index (κ3) is 5.89. The van der Waals surface area contributed by atoms with Gasteiger partial charge in [-0.15, -0.1) is 11.3 Å². The number of amides is 1. The number of pyridine rings is 1. The molecule has 1 saturated heterocycles. The fourth-order valence-corrected chi connectivity index (χ4v) is 7.71. The molecule has 9 heteroatoms. The van der Waals surface area contributed by atoms with Crippen LogP contribution in [0.5, 0.6) is 5.75 Å². The molecule has 0 atom stereocenters. The number of piperazine rings is 1. The fraction of sp³-hybridized carbons (Fsp3) is 0.615. The summed E-state index contributed by atoms with van der Waals surface area (Å²) in [5.74, 6) is 2.75. The van der Waals surface area contributed by atoms with Crippen LogP contribution in [0.2, 0.25) is 0 Å². The number of carbonyl (C=O) groups is 1. The van der Waals surface area contributed by atoms with E-state index in [-0.39, 0.29) is 11.9 Å². The van der Waals surface area contributed by atoms with Crippen molar-refractivity contribution in [1.29, 1.82) is 0 Å². The second-order valence-electron chi connectivity index (χ2n) is 10.5. The van der Waals surface area contributed by atoms with Crippen molar-refractivity contribution in [3.05, 3.63) is 34.8 Å². The second-order valence-corrected chi connectivity index (χ2v) is 15.1. The van der Waals surface area contributed by atoms with Crippen LogP contribution in [0.3, 0.4) is 0 Å². The van der Waals surface area contributed by atoms with Crippen LogP contribution >= 0.6 is 11.3 Å². The molecule has 0 spiro atoms. The molecular formula is C26H38N4O3S2. The van der Waals surface area contributed by atoms with Crippen LogP contribution in [0.15, 0.2) is 28.6 Å². The molecule has 1 aliphatic carbocycles. The van der Waals surface area contributed by atoms with Crippen LogP contribution in [0.1, 0.15) is 47.3 Å². The lowest BCUT2D eigenvalue weighted by atomic mass is 9.84. The van der Waals surface area contributed by atoms with Gasteiger partial charge in [-0.1, -0.05) is 9.93 Å². The van der Waals surface area contributed by atoms with E-state index in [9.17, 15) is 9.00 Å². The third-order valence-corrected chi connectivity index (χ3v) is 11.3. The summed E-state index contributed by atoms with van der Waals surface area (Å²) < 4.78 is 18.9. The zero-order chi connectivity index (χ0) is 24.4. The van der Waals surface area contributed by atoms with Crippen LogP contribution in [-0.4, -0.2) is 77.9 Å². The van der Waals surface area contributed by atoms with E-state index in [4.69, 9.17) is 4.74 Å². The average molecular weight is 519 g/mol. The quantitative estimate of drug-likeness (QED) is 0.549. The molecule has 1 saturated carbocycles. The number of nitrogens with one attached hydrogen (secondary N) is 1. The van der Waals surface area contributed by atoms with Crippen molar-refractivity contribution in [2.24, 2.45) is 5.92 Å². The third-order valence-electron chi connectivity index (χ3n) is 7.64. The standard InChI is InChI=1S/C26H38N4O3S2/c1-35(2,32)23-8-7-22(34-23)26(31)28-21-5-3-19(4-6-21)10-13-29-14-16-30(17-15-29)25-24-20(9-12-27-25)11-18-33-24/h7-9,12,19,21,35H,3-6,10-11,13-18H2,1-2H3,(H,28,31)/t19-,21-. The molecule has 4 heterocycles. The molecule has 3 aliphatic rings. The molecule has 2 fully saturated rings. The van der Waals surface area contributed by atoms with E-state index in [1.54, 1.807) is 12.5 Å². The topological polar surface area (TPSA) is 74.8 Å². The summed E-state index contributed by atoms with van der Waals surface area (Å²) in [7, 11) is -2.31. The zero-order valence-corrected chi connectivity index (χ0v) is 22.6. The summed E-state index contributed by atoms with van der Waals surface area (Å²) in [5, 5.41) is 3.21. The lowest BCUT2D eigenvalue weighted by Gasteiger charge is -2.37. The van der Waals surface area contributed by atoms with Crippen LogP contribution < -0.4 is 15.0 Å². The Morgan fingerprint density at radius 3 is 2.63 bits per heavy atom. The first-order valence-electron chi connectivity index (χ1n) is 12.9. The molecule has 2 aromatic heterocycles. The van der Waals surface area contributed by atoms with E-state index < -0.39 is 9.93 Å². The maximum Gasteiger partial charge on any atom is 0.261 e. The maximum atomic E-state index is 12.6. The number of fused-ring (bicyclic) bond motifs is 1. The first-order chi connectivity index (χ1) is 16.9. The fourth-order valence-electron chi connectivity index (χ4n) is 5.46. The Kier molecular flexibility index (Phi) is 7.46. The Hall–Kier alpha value is -1.97. The number of thiophene rings is 1. The Bertz CT molecular complexity index is 1080. The maximum absolute atomic E-state index is 12.6. The van der Waals surface area contributed by atoms with E-state index in [0.29, 0.717) is 4.88 Å². The molecular weight excluding hydrogens is 480 g/mol. The number of rotatable bonds is 7. The van der Waals surface area contributed by atoms with Crippen molar-refractivity contribution in [1.82, 2.24) is 15.2 Å². The van der Waals surface area contributed by atoms with Gasteiger partial charge >= 0.3 is 0 Å². The van der Waals surface area contributed by atoms with Gasteiger partial charge in [0.25, 0.3) is 5.91 Å². The van der Waals surface area contributed by atoms with Crippen LogP contribution in [0.25, 0.3) is 0 Å². The number of hydrogen-bond acceptors (Lipinski definition) is 7. The predicted octanol–water partition coefficient (Wildman–Crippen LogP) is 3.21. The number of hydrogen-bond donors (Lipinski definition) is 2. The number of ether oxygens (including phenoxy) is 1. The molecule has 7 nitrogen and oxygen atoms in total. The highest BCUT2D eigenvalue weighted by atomic mass is 32.3. The Morgan fingerprint density at radius 2 is 1.91 bits per heavy atom. The van der Waals surface area contributed by atoms with Gasteiger partial charge in [0.1, 0.15) is 0 Å². The molecule has 0 bridgehead atoms. The van der Waals surface area contributed by atoms with E-state index in [1.165, 1.54) is 36.2 Å². The number of aromatic nitrogens is 1. The van der Waals surface area contributed by atoms with Crippen molar-refractivity contribution < 1.29 is 13.7 Å². The SMILES string of the molecule is C[SH](C)(=O)c1ccc(C(=O)N[C@H]2CC[C@H](CCN3CCN(c4nccc5c4OCC5)CC3)CC2)s1. The van der Waals surface area contributed by atoms with Crippen molar-refractivity contribution in [2.45, 2.75) is 48.8 Å². The van der Waals surface area contributed by atoms with Gasteiger partial charge < -0.3 is 15.0 Å². The van der Waals surface area contributed by atoms with Crippen molar-refractivity contribution in [2.75, 3.05) is 56.7 Å². The largest absolute Gasteiger partial charge is 0.489 e. The number of thiol groups is 1. The van der Waals surface area contributed by atoms with Crippen LogP contribution in [-0.2, 0) is 16.4 Å². The van der Waals surface area contributed by atoms with Gasteiger partial charge in [0.15, 0.2) is 11.6 Å². The van der Waals surface area contributed by atoms with E-state index >= 15 is 0 Å². The van der Waals surface area contributed by atoms with E-state index in [2.05, 4.69) is 26.2 Å². The van der Waals surface area contributed by atoms with Gasteiger partial charge in [0.05, 0.1) is 15.7 Å². The van der Waals surface area contributed by atoms with Gasteiger partial charge in [-0.05, 0) is 75.3 Å². The summed E-state index contributed by atoms with van der Waals surface area (Å²) in [6, 6.07) is 5.99. The number of anilines is 1. The summed E-state index contributed by atoms with van der Waals surface area (Å²) in [4.78, 5) is 22.9. The predicted molar refractivity (Wildman–Crippen MR) is 144 cm³/mol. The Labute approximate surface area is 213 Å². The smallest absolute Gasteiger partial charge is 0.261 e. The van der Waals surface area contributed by atoms with Crippen LogP contribution in [0.4, 0.5) is 5.82 Å². The molecule has 0 aromatic carbocycles. The molecule has 0 radical (unpaired) electrons. The molecule has 0 unspecified atom stereocenters. The van der Waals surface area contributed by atoms with Gasteiger partial charge in [-0.3, -0.25) is 13.9 Å². The molecule has 2 aliphatic heterocycles. The molecule has 5 rings (SSSR count). The summed E-state index contributed by atoms with van der Waals surface area (Å²) in [5.41, 5.74) is 1.29. The monoisotopic (exact) mass is 518 g/mol. The molecule has 1 N–H and O–H groups in total. The Balaban J connectivity index is 1.02. The molecule has 2 aromatic rings. The van der Waals surface area contributed by atoms with Gasteiger partial charge in [-0.25, -0.2) is 4.98 Å². The summed E-state index contributed by atoms with van der Waals surface area (Å²) >= 11 is 1.37. The van der Waals surface area contributed by atoms with Crippen molar-refractivity contribution in [3.63, 3.8) is 0 Å².